The second kappa shape index (κ2) is 6.76. The number of imidazole rings is 1. The summed E-state index contributed by atoms with van der Waals surface area (Å²) in [5, 5.41) is 4.87. The zero-order valence-electron chi connectivity index (χ0n) is 14.5. The highest BCUT2D eigenvalue weighted by molar-refractivity contribution is 7.13. The van der Waals surface area contributed by atoms with Gasteiger partial charge in [-0.2, -0.15) is 0 Å². The molecular formula is C19H18N4O2S. The molecule has 0 saturated carbocycles. The van der Waals surface area contributed by atoms with Crippen molar-refractivity contribution in [3.8, 4) is 10.8 Å². The highest BCUT2D eigenvalue weighted by Crippen LogP contribution is 2.26. The number of fused-ring (bicyclic) bond motifs is 1. The number of nitrogens with zero attached hydrogens (tertiary/aromatic N) is 3. The van der Waals surface area contributed by atoms with Crippen LogP contribution in [-0.4, -0.2) is 20.4 Å². The number of amides is 1. The van der Waals surface area contributed by atoms with Gasteiger partial charge < -0.3 is 8.98 Å². The Bertz CT molecular complexity index is 1060. The van der Waals surface area contributed by atoms with Gasteiger partial charge in [-0.3, -0.25) is 10.1 Å². The number of hydrogen-bond acceptors (Lipinski definition) is 5. The van der Waals surface area contributed by atoms with E-state index < -0.39 is 0 Å². The van der Waals surface area contributed by atoms with Gasteiger partial charge in [-0.1, -0.05) is 18.2 Å². The molecule has 0 bridgehead atoms. The van der Waals surface area contributed by atoms with Crippen LogP contribution < -0.4 is 5.32 Å². The van der Waals surface area contributed by atoms with Crippen LogP contribution in [0, 0.1) is 6.92 Å². The lowest BCUT2D eigenvalue weighted by atomic mass is 10.2. The molecule has 1 amide bonds. The van der Waals surface area contributed by atoms with Crippen molar-refractivity contribution in [1.29, 1.82) is 0 Å². The summed E-state index contributed by atoms with van der Waals surface area (Å²) in [7, 11) is 0. The molecule has 4 aromatic rings. The van der Waals surface area contributed by atoms with E-state index in [2.05, 4.69) is 15.3 Å². The number of para-hydroxylation sites is 2. The zero-order valence-corrected chi connectivity index (χ0v) is 15.3. The van der Waals surface area contributed by atoms with Crippen molar-refractivity contribution >= 4 is 34.2 Å². The van der Waals surface area contributed by atoms with Crippen LogP contribution in [0.5, 0.6) is 0 Å². The third-order valence-electron chi connectivity index (χ3n) is 4.17. The van der Waals surface area contributed by atoms with E-state index in [9.17, 15) is 4.79 Å². The molecule has 0 spiro atoms. The summed E-state index contributed by atoms with van der Waals surface area (Å²) in [6.45, 7) is 4.58. The lowest BCUT2D eigenvalue weighted by Gasteiger charge is -2.07. The Labute approximate surface area is 154 Å². The molecule has 7 heteroatoms. The van der Waals surface area contributed by atoms with Crippen LogP contribution in [-0.2, 0) is 17.8 Å². The van der Waals surface area contributed by atoms with Crippen LogP contribution in [0.4, 0.5) is 5.95 Å². The number of benzene rings is 1. The Hall–Kier alpha value is -2.93. The van der Waals surface area contributed by atoms with Gasteiger partial charge in [-0.15, -0.1) is 11.3 Å². The fourth-order valence-electron chi connectivity index (χ4n) is 2.91. The van der Waals surface area contributed by atoms with Crippen molar-refractivity contribution in [3.05, 3.63) is 53.2 Å². The van der Waals surface area contributed by atoms with Gasteiger partial charge in [0, 0.05) is 6.54 Å². The molecule has 0 fully saturated rings. The van der Waals surface area contributed by atoms with Crippen LogP contribution in [0.2, 0.25) is 0 Å². The number of anilines is 1. The molecular weight excluding hydrogens is 348 g/mol. The molecule has 1 N–H and O–H groups in total. The summed E-state index contributed by atoms with van der Waals surface area (Å²) in [6.07, 6.45) is 0.146. The number of oxazole rings is 1. The molecule has 26 heavy (non-hydrogen) atoms. The van der Waals surface area contributed by atoms with Crippen LogP contribution >= 0.6 is 11.3 Å². The van der Waals surface area contributed by atoms with Crippen LogP contribution in [0.25, 0.3) is 21.8 Å². The molecule has 0 atom stereocenters. The summed E-state index contributed by atoms with van der Waals surface area (Å²) in [6, 6.07) is 11.7. The van der Waals surface area contributed by atoms with Crippen molar-refractivity contribution in [2.45, 2.75) is 26.8 Å². The maximum absolute atomic E-state index is 12.5. The minimum absolute atomic E-state index is 0.146. The van der Waals surface area contributed by atoms with E-state index in [1.165, 1.54) is 0 Å². The molecule has 3 heterocycles. The smallest absolute Gasteiger partial charge is 0.236 e. The third kappa shape index (κ3) is 3.01. The predicted molar refractivity (Wildman–Crippen MR) is 102 cm³/mol. The van der Waals surface area contributed by atoms with Gasteiger partial charge in [0.05, 0.1) is 28.0 Å². The van der Waals surface area contributed by atoms with Crippen LogP contribution in [0.15, 0.2) is 46.2 Å². The maximum Gasteiger partial charge on any atom is 0.236 e. The Kier molecular flexibility index (Phi) is 4.30. The standard InChI is InChI=1S/C19H18N4O2S/c1-3-23-15-8-5-4-7-13(15)21-19(23)22-17(24)11-14-12(2)25-18(20-14)16-9-6-10-26-16/h4-10H,3,11H2,1-2H3,(H,21,22,24). The first-order chi connectivity index (χ1) is 12.7. The monoisotopic (exact) mass is 366 g/mol. The molecule has 0 unspecified atom stereocenters. The number of aromatic nitrogens is 3. The first-order valence-electron chi connectivity index (χ1n) is 8.41. The minimum atomic E-state index is -0.163. The normalized spacial score (nSPS) is 11.2. The topological polar surface area (TPSA) is 73.0 Å². The molecule has 1 aromatic carbocycles. The summed E-state index contributed by atoms with van der Waals surface area (Å²) in [5.41, 5.74) is 2.51. The van der Waals surface area contributed by atoms with Crippen molar-refractivity contribution in [2.24, 2.45) is 0 Å². The second-order valence-electron chi connectivity index (χ2n) is 5.89. The summed E-state index contributed by atoms with van der Waals surface area (Å²) in [4.78, 5) is 22.5. The lowest BCUT2D eigenvalue weighted by molar-refractivity contribution is -0.115. The molecule has 0 aliphatic heterocycles. The number of hydrogen-bond donors (Lipinski definition) is 1. The molecule has 0 saturated heterocycles. The van der Waals surface area contributed by atoms with Gasteiger partial charge in [0.25, 0.3) is 0 Å². The lowest BCUT2D eigenvalue weighted by Crippen LogP contribution is -2.18. The third-order valence-corrected chi connectivity index (χ3v) is 5.03. The van der Waals surface area contributed by atoms with Gasteiger partial charge in [-0.25, -0.2) is 9.97 Å². The first kappa shape index (κ1) is 16.5. The summed E-state index contributed by atoms with van der Waals surface area (Å²) >= 11 is 1.56. The fourth-order valence-corrected chi connectivity index (χ4v) is 3.56. The van der Waals surface area contributed by atoms with E-state index in [4.69, 9.17) is 4.42 Å². The number of thiophene rings is 1. The van der Waals surface area contributed by atoms with E-state index in [-0.39, 0.29) is 12.3 Å². The Balaban J connectivity index is 1.55. The Morgan fingerprint density at radius 1 is 1.23 bits per heavy atom. The molecule has 6 nitrogen and oxygen atoms in total. The predicted octanol–water partition coefficient (Wildman–Crippen LogP) is 4.26. The number of nitrogens with one attached hydrogen (secondary N) is 1. The molecule has 4 rings (SSSR count). The average molecular weight is 366 g/mol. The van der Waals surface area contributed by atoms with E-state index in [1.807, 2.05) is 60.2 Å². The van der Waals surface area contributed by atoms with E-state index >= 15 is 0 Å². The van der Waals surface area contributed by atoms with Gasteiger partial charge in [0.15, 0.2) is 0 Å². The quantitative estimate of drug-likeness (QED) is 0.573. The second-order valence-corrected chi connectivity index (χ2v) is 6.84. The molecule has 0 radical (unpaired) electrons. The fraction of sp³-hybridized carbons (Fsp3) is 0.211. The summed E-state index contributed by atoms with van der Waals surface area (Å²) < 4.78 is 7.69. The van der Waals surface area contributed by atoms with Crippen molar-refractivity contribution < 1.29 is 9.21 Å². The molecule has 3 aromatic heterocycles. The number of carbonyl (C=O) groups excluding carboxylic acids is 1. The van der Waals surface area contributed by atoms with E-state index in [1.54, 1.807) is 11.3 Å². The Morgan fingerprint density at radius 3 is 2.85 bits per heavy atom. The van der Waals surface area contributed by atoms with Gasteiger partial charge in [0.1, 0.15) is 5.76 Å². The van der Waals surface area contributed by atoms with Crippen LogP contribution in [0.1, 0.15) is 18.4 Å². The number of aryl methyl sites for hydroxylation is 2. The minimum Gasteiger partial charge on any atom is -0.440 e. The SMILES string of the molecule is CCn1c(NC(=O)Cc2nc(-c3cccs3)oc2C)nc2ccccc21. The van der Waals surface area contributed by atoms with Crippen molar-refractivity contribution in [3.63, 3.8) is 0 Å². The van der Waals surface area contributed by atoms with Crippen molar-refractivity contribution in [2.75, 3.05) is 5.32 Å². The summed E-state index contributed by atoms with van der Waals surface area (Å²) in [5.74, 6) is 1.61. The maximum atomic E-state index is 12.5. The van der Waals surface area contributed by atoms with Gasteiger partial charge in [-0.05, 0) is 37.4 Å². The molecule has 132 valence electrons. The highest BCUT2D eigenvalue weighted by atomic mass is 32.1. The molecule has 0 aliphatic rings. The zero-order chi connectivity index (χ0) is 18.1. The number of carbonyl (C=O) groups is 1. The first-order valence-corrected chi connectivity index (χ1v) is 9.29. The van der Waals surface area contributed by atoms with Gasteiger partial charge >= 0.3 is 0 Å². The van der Waals surface area contributed by atoms with Crippen LogP contribution in [0.3, 0.4) is 0 Å². The largest absolute Gasteiger partial charge is 0.440 e. The Morgan fingerprint density at radius 2 is 2.08 bits per heavy atom. The molecule has 0 aliphatic carbocycles. The average Bonchev–Trinajstić information content (AvgIpc) is 3.34. The number of rotatable bonds is 5. The van der Waals surface area contributed by atoms with Gasteiger partial charge in [0.2, 0.25) is 17.7 Å². The van der Waals surface area contributed by atoms with E-state index in [0.29, 0.717) is 23.3 Å². The van der Waals surface area contributed by atoms with E-state index in [0.717, 1.165) is 22.5 Å². The van der Waals surface area contributed by atoms with Crippen molar-refractivity contribution in [1.82, 2.24) is 14.5 Å². The highest BCUT2D eigenvalue weighted by Gasteiger charge is 2.17.